The molecule has 2 rings (SSSR count). The number of aromatic hydroxyl groups is 1. The van der Waals surface area contributed by atoms with E-state index in [0.717, 1.165) is 16.9 Å². The van der Waals surface area contributed by atoms with Crippen LogP contribution in [-0.4, -0.2) is 12.2 Å². The Balaban J connectivity index is 2.08. The zero-order valence-corrected chi connectivity index (χ0v) is 13.1. The van der Waals surface area contributed by atoms with Gasteiger partial charge in [0.2, 0.25) is 0 Å². The minimum atomic E-state index is 0.0719. The van der Waals surface area contributed by atoms with Gasteiger partial charge in [0.05, 0.1) is 7.11 Å². The van der Waals surface area contributed by atoms with Crippen LogP contribution in [0.1, 0.15) is 42.6 Å². The van der Waals surface area contributed by atoms with Gasteiger partial charge in [-0.05, 0) is 50.1 Å². The van der Waals surface area contributed by atoms with Crippen LogP contribution in [0, 0.1) is 6.92 Å². The van der Waals surface area contributed by atoms with Gasteiger partial charge in [-0.25, -0.2) is 0 Å². The number of methoxy groups -OCH3 is 1. The number of phenols is 1. The van der Waals surface area contributed by atoms with E-state index in [4.69, 9.17) is 4.74 Å². The Morgan fingerprint density at radius 1 is 1.00 bits per heavy atom. The lowest BCUT2D eigenvalue weighted by atomic mass is 10.0. The standard InChI is InChI=1S/C18H23NO2/c1-12-5-10-17(18(20)11-12)14(3)19-13(2)15-6-8-16(21-4)9-7-15/h5-11,13-14,19-20H,1-4H3/t13-,14?/m1/s1. The molecule has 21 heavy (non-hydrogen) atoms. The van der Waals surface area contributed by atoms with Crippen molar-refractivity contribution in [3.05, 3.63) is 59.2 Å². The number of benzene rings is 2. The molecule has 0 fully saturated rings. The van der Waals surface area contributed by atoms with Gasteiger partial charge in [0, 0.05) is 17.6 Å². The molecule has 3 nitrogen and oxygen atoms in total. The predicted molar refractivity (Wildman–Crippen MR) is 85.8 cm³/mol. The molecule has 0 radical (unpaired) electrons. The third kappa shape index (κ3) is 3.76. The van der Waals surface area contributed by atoms with Crippen molar-refractivity contribution in [2.75, 3.05) is 7.11 Å². The van der Waals surface area contributed by atoms with E-state index in [1.54, 1.807) is 13.2 Å². The van der Waals surface area contributed by atoms with Gasteiger partial charge in [-0.15, -0.1) is 0 Å². The quantitative estimate of drug-likeness (QED) is 0.868. The second kappa shape index (κ2) is 6.64. The highest BCUT2D eigenvalue weighted by atomic mass is 16.5. The molecule has 1 unspecified atom stereocenters. The van der Waals surface area contributed by atoms with Gasteiger partial charge in [-0.1, -0.05) is 24.3 Å². The van der Waals surface area contributed by atoms with E-state index in [0.29, 0.717) is 5.75 Å². The van der Waals surface area contributed by atoms with Gasteiger partial charge in [0.15, 0.2) is 0 Å². The molecule has 3 heteroatoms. The van der Waals surface area contributed by atoms with Crippen LogP contribution in [0.2, 0.25) is 0 Å². The lowest BCUT2D eigenvalue weighted by Gasteiger charge is -2.22. The van der Waals surface area contributed by atoms with E-state index in [1.807, 2.05) is 31.2 Å². The first-order valence-corrected chi connectivity index (χ1v) is 7.20. The molecular formula is C18H23NO2. The lowest BCUT2D eigenvalue weighted by molar-refractivity contribution is 0.414. The van der Waals surface area contributed by atoms with Gasteiger partial charge >= 0.3 is 0 Å². The second-order valence-electron chi connectivity index (χ2n) is 5.45. The third-order valence-electron chi connectivity index (χ3n) is 3.77. The highest BCUT2D eigenvalue weighted by Crippen LogP contribution is 2.27. The SMILES string of the molecule is COc1ccc([C@@H](C)NC(C)c2ccc(C)cc2O)cc1. The summed E-state index contributed by atoms with van der Waals surface area (Å²) in [4.78, 5) is 0. The number of phenolic OH excluding ortho intramolecular Hbond substituents is 1. The number of rotatable bonds is 5. The molecule has 2 N–H and O–H groups in total. The smallest absolute Gasteiger partial charge is 0.120 e. The molecule has 0 saturated heterocycles. The summed E-state index contributed by atoms with van der Waals surface area (Å²) in [6, 6.07) is 14.1. The summed E-state index contributed by atoms with van der Waals surface area (Å²) in [5, 5.41) is 13.6. The Morgan fingerprint density at radius 3 is 2.24 bits per heavy atom. The van der Waals surface area contributed by atoms with Crippen molar-refractivity contribution in [2.45, 2.75) is 32.9 Å². The van der Waals surface area contributed by atoms with Crippen LogP contribution < -0.4 is 10.1 Å². The molecule has 2 atom stereocenters. The summed E-state index contributed by atoms with van der Waals surface area (Å²) in [5.41, 5.74) is 3.17. The Morgan fingerprint density at radius 2 is 1.67 bits per heavy atom. The second-order valence-corrected chi connectivity index (χ2v) is 5.45. The van der Waals surface area contributed by atoms with E-state index in [1.165, 1.54) is 5.56 Å². The summed E-state index contributed by atoms with van der Waals surface area (Å²) in [5.74, 6) is 1.20. The topological polar surface area (TPSA) is 41.5 Å². The average Bonchev–Trinajstić information content (AvgIpc) is 2.47. The summed E-state index contributed by atoms with van der Waals surface area (Å²) >= 11 is 0. The van der Waals surface area contributed by atoms with Crippen LogP contribution >= 0.6 is 0 Å². The average molecular weight is 285 g/mol. The largest absolute Gasteiger partial charge is 0.508 e. The molecule has 0 spiro atoms. The number of nitrogens with one attached hydrogen (secondary N) is 1. The third-order valence-corrected chi connectivity index (χ3v) is 3.77. The van der Waals surface area contributed by atoms with Crippen LogP contribution in [0.3, 0.4) is 0 Å². The normalized spacial score (nSPS) is 13.7. The predicted octanol–water partition coefficient (Wildman–Crippen LogP) is 4.12. The highest BCUT2D eigenvalue weighted by Gasteiger charge is 2.14. The van der Waals surface area contributed by atoms with Crippen LogP contribution in [0.5, 0.6) is 11.5 Å². The Labute approximate surface area is 126 Å². The van der Waals surface area contributed by atoms with Crippen molar-refractivity contribution < 1.29 is 9.84 Å². The molecular weight excluding hydrogens is 262 g/mol. The first kappa shape index (κ1) is 15.4. The summed E-state index contributed by atoms with van der Waals surface area (Å²) in [6.07, 6.45) is 0. The molecule has 0 amide bonds. The van der Waals surface area contributed by atoms with E-state index in [2.05, 4.69) is 31.3 Å². The summed E-state index contributed by atoms with van der Waals surface area (Å²) in [7, 11) is 1.67. The van der Waals surface area contributed by atoms with E-state index in [-0.39, 0.29) is 12.1 Å². The van der Waals surface area contributed by atoms with Crippen LogP contribution in [0.25, 0.3) is 0 Å². The van der Waals surface area contributed by atoms with E-state index in [9.17, 15) is 5.11 Å². The fourth-order valence-corrected chi connectivity index (χ4v) is 2.47. The van der Waals surface area contributed by atoms with E-state index >= 15 is 0 Å². The molecule has 0 heterocycles. The van der Waals surface area contributed by atoms with Crippen molar-refractivity contribution in [2.24, 2.45) is 0 Å². The van der Waals surface area contributed by atoms with Gasteiger partial charge in [0.25, 0.3) is 0 Å². The van der Waals surface area contributed by atoms with E-state index < -0.39 is 0 Å². The molecule has 0 aromatic heterocycles. The molecule has 0 bridgehead atoms. The lowest BCUT2D eigenvalue weighted by Crippen LogP contribution is -2.22. The summed E-state index contributed by atoms with van der Waals surface area (Å²) < 4.78 is 5.17. The molecule has 0 aliphatic rings. The molecule has 2 aromatic carbocycles. The van der Waals surface area contributed by atoms with Gasteiger partial charge < -0.3 is 15.2 Å². The number of ether oxygens (including phenoxy) is 1. The van der Waals surface area contributed by atoms with Crippen molar-refractivity contribution in [3.8, 4) is 11.5 Å². The monoisotopic (exact) mass is 285 g/mol. The molecule has 0 aliphatic heterocycles. The maximum Gasteiger partial charge on any atom is 0.120 e. The molecule has 2 aromatic rings. The Bertz CT molecular complexity index is 593. The van der Waals surface area contributed by atoms with Crippen molar-refractivity contribution >= 4 is 0 Å². The number of hydrogen-bond donors (Lipinski definition) is 2. The molecule has 0 aliphatic carbocycles. The first-order chi connectivity index (χ1) is 10.0. The molecule has 0 saturated carbocycles. The van der Waals surface area contributed by atoms with Crippen molar-refractivity contribution in [3.63, 3.8) is 0 Å². The van der Waals surface area contributed by atoms with Crippen LogP contribution in [0.4, 0.5) is 0 Å². The highest BCUT2D eigenvalue weighted by molar-refractivity contribution is 5.38. The van der Waals surface area contributed by atoms with Gasteiger partial charge in [0.1, 0.15) is 11.5 Å². The van der Waals surface area contributed by atoms with Crippen LogP contribution in [-0.2, 0) is 0 Å². The zero-order chi connectivity index (χ0) is 15.4. The van der Waals surface area contributed by atoms with Crippen molar-refractivity contribution in [1.82, 2.24) is 5.32 Å². The number of aryl methyl sites for hydroxylation is 1. The van der Waals surface area contributed by atoms with Crippen molar-refractivity contribution in [1.29, 1.82) is 0 Å². The molecule has 112 valence electrons. The number of hydrogen-bond acceptors (Lipinski definition) is 3. The maximum absolute atomic E-state index is 10.1. The Kier molecular flexibility index (Phi) is 4.86. The fourth-order valence-electron chi connectivity index (χ4n) is 2.47. The minimum absolute atomic E-state index is 0.0719. The maximum atomic E-state index is 10.1. The first-order valence-electron chi connectivity index (χ1n) is 7.20. The zero-order valence-electron chi connectivity index (χ0n) is 13.1. The summed E-state index contributed by atoms with van der Waals surface area (Å²) in [6.45, 7) is 6.15. The minimum Gasteiger partial charge on any atom is -0.508 e. The fraction of sp³-hybridized carbons (Fsp3) is 0.333. The van der Waals surface area contributed by atoms with Gasteiger partial charge in [-0.3, -0.25) is 0 Å². The van der Waals surface area contributed by atoms with Gasteiger partial charge in [-0.2, -0.15) is 0 Å². The Hall–Kier alpha value is -2.00. The van der Waals surface area contributed by atoms with Crippen LogP contribution in [0.15, 0.2) is 42.5 Å².